The number of carbonyl (C=O) groups is 1. The molecule has 4 atom stereocenters. The molecule has 5 N–H and O–H groups in total. The molecule has 3 heterocycles. The zero-order valence-electron chi connectivity index (χ0n) is 16.3. The maximum absolute atomic E-state index is 11.7. The third kappa shape index (κ3) is 3.61. The number of nitrogens with zero attached hydrogens (tertiary/aromatic N) is 5. The standard InChI is InChI=1S/C19H21N7O4/c1-9-3-5-11(6-4-9)7-22-25-19-23-16(20)12-17(24-19)26(8-21-12)18-14(29)13(28)15(30-18)10(2)27/h3-8,13-15,18,28-29H,1-2H3,(H3,20,23,24,25)/b22-7-/t13-,14+,15+,18+/m0/s1. The molecule has 0 amide bonds. The predicted octanol–water partition coefficient (Wildman–Crippen LogP) is 0.371. The first kappa shape index (κ1) is 19.9. The van der Waals surface area contributed by atoms with Gasteiger partial charge in [-0.2, -0.15) is 15.1 Å². The van der Waals surface area contributed by atoms with Crippen molar-refractivity contribution in [2.45, 2.75) is 38.4 Å². The van der Waals surface area contributed by atoms with Gasteiger partial charge in [-0.15, -0.1) is 0 Å². The summed E-state index contributed by atoms with van der Waals surface area (Å²) in [5.41, 5.74) is 11.3. The van der Waals surface area contributed by atoms with Gasteiger partial charge in [-0.05, 0) is 19.4 Å². The van der Waals surface area contributed by atoms with Gasteiger partial charge in [-0.1, -0.05) is 29.8 Å². The van der Waals surface area contributed by atoms with E-state index in [9.17, 15) is 15.0 Å². The fourth-order valence-electron chi connectivity index (χ4n) is 3.22. The Morgan fingerprint density at radius 2 is 2.00 bits per heavy atom. The molecule has 1 aliphatic rings. The van der Waals surface area contributed by atoms with Gasteiger partial charge in [0.25, 0.3) is 0 Å². The number of hydrogen-bond acceptors (Lipinski definition) is 10. The number of nitrogens with one attached hydrogen (secondary N) is 1. The minimum absolute atomic E-state index is 0.0999. The molecule has 1 aromatic carbocycles. The first-order valence-corrected chi connectivity index (χ1v) is 9.23. The highest BCUT2D eigenvalue weighted by molar-refractivity contribution is 5.84. The Bertz CT molecular complexity index is 1110. The van der Waals surface area contributed by atoms with Crippen LogP contribution in [0.15, 0.2) is 35.7 Å². The second-order valence-electron chi connectivity index (χ2n) is 7.08. The summed E-state index contributed by atoms with van der Waals surface area (Å²) >= 11 is 0. The number of anilines is 2. The van der Waals surface area contributed by atoms with Crippen LogP contribution in [0.1, 0.15) is 24.3 Å². The number of aromatic nitrogens is 4. The maximum Gasteiger partial charge on any atom is 0.247 e. The van der Waals surface area contributed by atoms with Gasteiger partial charge < -0.3 is 20.7 Å². The monoisotopic (exact) mass is 411 g/mol. The smallest absolute Gasteiger partial charge is 0.247 e. The van der Waals surface area contributed by atoms with Crippen LogP contribution in [0, 0.1) is 6.92 Å². The molecule has 30 heavy (non-hydrogen) atoms. The number of aliphatic hydroxyl groups excluding tert-OH is 2. The third-order valence-electron chi connectivity index (χ3n) is 4.82. The van der Waals surface area contributed by atoms with Gasteiger partial charge in [0, 0.05) is 0 Å². The van der Waals surface area contributed by atoms with Gasteiger partial charge in [0.1, 0.15) is 23.8 Å². The van der Waals surface area contributed by atoms with Gasteiger partial charge >= 0.3 is 0 Å². The summed E-state index contributed by atoms with van der Waals surface area (Å²) in [5, 5.41) is 24.6. The quantitative estimate of drug-likeness (QED) is 0.343. The van der Waals surface area contributed by atoms with E-state index in [2.05, 4.69) is 25.5 Å². The summed E-state index contributed by atoms with van der Waals surface area (Å²) in [5.74, 6) is -0.181. The van der Waals surface area contributed by atoms with Crippen LogP contribution in [-0.2, 0) is 9.53 Å². The molecule has 1 aliphatic heterocycles. The van der Waals surface area contributed by atoms with Gasteiger partial charge in [0.15, 0.2) is 23.5 Å². The highest BCUT2D eigenvalue weighted by Gasteiger charge is 2.46. The van der Waals surface area contributed by atoms with Crippen molar-refractivity contribution in [2.24, 2.45) is 5.10 Å². The molecule has 156 valence electrons. The number of ether oxygens (including phenoxy) is 1. The van der Waals surface area contributed by atoms with Gasteiger partial charge in [-0.25, -0.2) is 10.4 Å². The fourth-order valence-corrected chi connectivity index (χ4v) is 3.22. The highest BCUT2D eigenvalue weighted by Crippen LogP contribution is 2.32. The Kier molecular flexibility index (Phi) is 5.16. The third-order valence-corrected chi connectivity index (χ3v) is 4.82. The minimum Gasteiger partial charge on any atom is -0.387 e. The summed E-state index contributed by atoms with van der Waals surface area (Å²) in [4.78, 5) is 24.3. The van der Waals surface area contributed by atoms with Crippen LogP contribution in [0.2, 0.25) is 0 Å². The van der Waals surface area contributed by atoms with Crippen molar-refractivity contribution in [1.29, 1.82) is 0 Å². The van der Waals surface area contributed by atoms with Crippen LogP contribution < -0.4 is 11.2 Å². The summed E-state index contributed by atoms with van der Waals surface area (Å²) in [6.45, 7) is 3.28. The molecular weight excluding hydrogens is 390 g/mol. The fraction of sp³-hybridized carbons (Fsp3) is 0.316. The molecule has 11 nitrogen and oxygen atoms in total. The van der Waals surface area contributed by atoms with Crippen LogP contribution >= 0.6 is 0 Å². The van der Waals surface area contributed by atoms with Crippen LogP contribution in [0.5, 0.6) is 0 Å². The van der Waals surface area contributed by atoms with E-state index in [-0.39, 0.29) is 17.4 Å². The number of rotatable bonds is 5. The molecule has 0 aliphatic carbocycles. The SMILES string of the molecule is CC(=O)[C@H]1O[C@@H](n2cnc3c(N)nc(N/N=C\c4ccc(C)cc4)nc32)[C@H](O)[C@@H]1O. The van der Waals surface area contributed by atoms with Crippen molar-refractivity contribution in [3.63, 3.8) is 0 Å². The molecule has 4 rings (SSSR count). The van der Waals surface area contributed by atoms with Gasteiger partial charge in [-0.3, -0.25) is 9.36 Å². The van der Waals surface area contributed by atoms with E-state index in [1.807, 2.05) is 31.2 Å². The molecule has 0 spiro atoms. The summed E-state index contributed by atoms with van der Waals surface area (Å²) in [6.07, 6.45) is -1.93. The molecular formula is C19H21N7O4. The number of nitrogens with two attached hydrogens (primary N) is 1. The number of aliphatic hydroxyl groups is 2. The number of imidazole rings is 1. The van der Waals surface area contributed by atoms with Crippen molar-refractivity contribution in [3.05, 3.63) is 41.7 Å². The number of Topliss-reactive ketones (excluding diaryl/α,β-unsaturated/α-hetero) is 1. The molecule has 3 aromatic rings. The number of carbonyl (C=O) groups excluding carboxylic acids is 1. The Morgan fingerprint density at radius 3 is 2.67 bits per heavy atom. The van der Waals surface area contributed by atoms with E-state index in [0.29, 0.717) is 5.52 Å². The number of benzene rings is 1. The zero-order valence-corrected chi connectivity index (χ0v) is 16.3. The molecule has 1 saturated heterocycles. The van der Waals surface area contributed by atoms with Crippen LogP contribution in [-0.4, -0.2) is 60.0 Å². The van der Waals surface area contributed by atoms with E-state index in [1.54, 1.807) is 6.21 Å². The lowest BCUT2D eigenvalue weighted by molar-refractivity contribution is -0.133. The number of ketones is 1. The predicted molar refractivity (Wildman–Crippen MR) is 109 cm³/mol. The maximum atomic E-state index is 11.7. The Hall–Kier alpha value is -3.41. The van der Waals surface area contributed by atoms with E-state index in [0.717, 1.165) is 11.1 Å². The molecule has 0 unspecified atom stereocenters. The van der Waals surface area contributed by atoms with E-state index in [4.69, 9.17) is 10.5 Å². The molecule has 0 saturated carbocycles. The normalized spacial score (nSPS) is 24.0. The van der Waals surface area contributed by atoms with Crippen LogP contribution in [0.4, 0.5) is 11.8 Å². The molecule has 11 heteroatoms. The molecule has 0 radical (unpaired) electrons. The average molecular weight is 411 g/mol. The Morgan fingerprint density at radius 1 is 1.27 bits per heavy atom. The second kappa shape index (κ2) is 7.78. The average Bonchev–Trinajstić information content (AvgIpc) is 3.25. The number of aryl methyl sites for hydroxylation is 1. The zero-order chi connectivity index (χ0) is 21.4. The number of hydrogen-bond donors (Lipinski definition) is 4. The lowest BCUT2D eigenvalue weighted by Crippen LogP contribution is -2.34. The topological polar surface area (TPSA) is 161 Å². The van der Waals surface area contributed by atoms with Crippen molar-refractivity contribution in [1.82, 2.24) is 19.5 Å². The lowest BCUT2D eigenvalue weighted by atomic mass is 10.1. The van der Waals surface area contributed by atoms with Gasteiger partial charge in [0.2, 0.25) is 5.95 Å². The van der Waals surface area contributed by atoms with E-state index < -0.39 is 30.3 Å². The van der Waals surface area contributed by atoms with E-state index >= 15 is 0 Å². The van der Waals surface area contributed by atoms with Crippen LogP contribution in [0.3, 0.4) is 0 Å². The first-order valence-electron chi connectivity index (χ1n) is 9.23. The first-order chi connectivity index (χ1) is 14.3. The van der Waals surface area contributed by atoms with Crippen molar-refractivity contribution < 1.29 is 19.7 Å². The molecule has 1 fully saturated rings. The van der Waals surface area contributed by atoms with Crippen molar-refractivity contribution >= 4 is 34.9 Å². The largest absolute Gasteiger partial charge is 0.387 e. The molecule has 2 aromatic heterocycles. The van der Waals surface area contributed by atoms with Crippen molar-refractivity contribution in [3.8, 4) is 0 Å². The minimum atomic E-state index is -1.36. The number of nitrogen functional groups attached to an aromatic ring is 1. The Balaban J connectivity index is 1.61. The summed E-state index contributed by atoms with van der Waals surface area (Å²) in [7, 11) is 0. The van der Waals surface area contributed by atoms with Gasteiger partial charge in [0.05, 0.1) is 12.5 Å². The van der Waals surface area contributed by atoms with Crippen LogP contribution in [0.25, 0.3) is 11.2 Å². The number of fused-ring (bicyclic) bond motifs is 1. The Labute approximate surface area is 171 Å². The summed E-state index contributed by atoms with van der Waals surface area (Å²) < 4.78 is 6.95. The lowest BCUT2D eigenvalue weighted by Gasteiger charge is -2.16. The summed E-state index contributed by atoms with van der Waals surface area (Å²) in [6, 6.07) is 7.78. The second-order valence-corrected chi connectivity index (χ2v) is 7.08. The molecule has 0 bridgehead atoms. The number of hydrazone groups is 1. The van der Waals surface area contributed by atoms with E-state index in [1.165, 1.54) is 17.8 Å². The van der Waals surface area contributed by atoms with Crippen molar-refractivity contribution in [2.75, 3.05) is 11.2 Å². The highest BCUT2D eigenvalue weighted by atomic mass is 16.6.